The third kappa shape index (κ3) is 10.3. The van der Waals surface area contributed by atoms with Crippen molar-refractivity contribution in [1.82, 2.24) is 5.01 Å². The Labute approximate surface area is 281 Å². The van der Waals surface area contributed by atoms with Crippen molar-refractivity contribution in [3.63, 3.8) is 0 Å². The molecule has 2 aliphatic rings. The van der Waals surface area contributed by atoms with Gasteiger partial charge in [-0.2, -0.15) is 15.1 Å². The van der Waals surface area contributed by atoms with Gasteiger partial charge in [0.25, 0.3) is 5.91 Å². The number of aliphatic imine (C=N–C) groups is 1. The third-order valence-electron chi connectivity index (χ3n) is 7.32. The van der Waals surface area contributed by atoms with Gasteiger partial charge in [0.05, 0.1) is 23.8 Å². The Morgan fingerprint density at radius 1 is 0.848 bits per heavy atom. The summed E-state index contributed by atoms with van der Waals surface area (Å²) in [6.45, 7) is 7.89. The molecule has 46 heavy (non-hydrogen) atoms. The van der Waals surface area contributed by atoms with Gasteiger partial charge < -0.3 is 18.9 Å². The fourth-order valence-corrected chi connectivity index (χ4v) is 6.11. The summed E-state index contributed by atoms with van der Waals surface area (Å²) in [5.74, 6) is 1.86. The normalized spacial score (nSPS) is 15.1. The van der Waals surface area contributed by atoms with Crippen LogP contribution in [0, 0.1) is 5.41 Å². The van der Waals surface area contributed by atoms with Gasteiger partial charge in [-0.3, -0.25) is 10.2 Å². The van der Waals surface area contributed by atoms with Crippen LogP contribution in [-0.2, 0) is 4.79 Å². The van der Waals surface area contributed by atoms with Gasteiger partial charge in [0.1, 0.15) is 29.8 Å². The van der Waals surface area contributed by atoms with E-state index in [-0.39, 0.29) is 18.0 Å². The molecule has 0 saturated carbocycles. The number of rotatable bonds is 20. The number of carbonyl (C=O) groups is 1. The number of ether oxygens (including phenoxy) is 4. The standard InChI is InChI=1S/C35H45ClN4O5S/c1-4-7-9-11-12-14-31-39-40-33(37)28(34(41)38-35(40)46-31)22-25-23-29(36)32(30(24-25)42-6-3)45-21-20-44-27-17-15-26(16-18-27)43-19-13-10-8-5-2/h15-18,22-24,37H,4-14,19-21H2,1-3H3/b28-22-,37-33?. The summed E-state index contributed by atoms with van der Waals surface area (Å²) in [4.78, 5) is 17.2. The molecule has 1 N–H and O–H groups in total. The number of fused-ring (bicyclic) bond motifs is 1. The maximum absolute atomic E-state index is 12.9. The zero-order chi connectivity index (χ0) is 32.7. The van der Waals surface area contributed by atoms with Gasteiger partial charge in [0.2, 0.25) is 5.17 Å². The van der Waals surface area contributed by atoms with Crippen LogP contribution in [0.5, 0.6) is 23.0 Å². The average Bonchev–Trinajstić information content (AvgIpc) is 3.45. The molecule has 2 aromatic carbocycles. The first kappa shape index (κ1) is 35.4. The van der Waals surface area contributed by atoms with Crippen molar-refractivity contribution < 1.29 is 23.7 Å². The van der Waals surface area contributed by atoms with Crippen LogP contribution in [0.1, 0.15) is 90.5 Å². The highest BCUT2D eigenvalue weighted by atomic mass is 35.5. The fraction of sp³-hybridized carbons (Fsp3) is 0.486. The highest BCUT2D eigenvalue weighted by Gasteiger charge is 2.35. The number of hydrazone groups is 1. The fourth-order valence-electron chi connectivity index (χ4n) is 4.91. The number of amidine groups is 2. The average molecular weight is 669 g/mol. The number of thioether (sulfide) groups is 1. The van der Waals surface area contributed by atoms with E-state index in [0.29, 0.717) is 52.8 Å². The smallest absolute Gasteiger partial charge is 0.283 e. The molecule has 0 atom stereocenters. The predicted octanol–water partition coefficient (Wildman–Crippen LogP) is 9.14. The summed E-state index contributed by atoms with van der Waals surface area (Å²) >= 11 is 8.01. The lowest BCUT2D eigenvalue weighted by atomic mass is 10.1. The molecule has 0 spiro atoms. The maximum Gasteiger partial charge on any atom is 0.283 e. The number of hydrogen-bond acceptors (Lipinski definition) is 8. The molecule has 2 aliphatic heterocycles. The second kappa shape index (κ2) is 18.6. The van der Waals surface area contributed by atoms with Gasteiger partial charge in [-0.1, -0.05) is 70.4 Å². The lowest BCUT2D eigenvalue weighted by molar-refractivity contribution is -0.114. The first-order valence-corrected chi connectivity index (χ1v) is 17.6. The lowest BCUT2D eigenvalue weighted by Crippen LogP contribution is -2.35. The molecule has 1 amide bonds. The van der Waals surface area contributed by atoms with Crippen LogP contribution in [0.15, 0.2) is 52.1 Å². The van der Waals surface area contributed by atoms with Gasteiger partial charge in [-0.25, -0.2) is 0 Å². The second-order valence-corrected chi connectivity index (χ2v) is 12.5. The van der Waals surface area contributed by atoms with Gasteiger partial charge in [0, 0.05) is 0 Å². The number of amides is 1. The van der Waals surface area contributed by atoms with E-state index in [1.165, 1.54) is 55.3 Å². The van der Waals surface area contributed by atoms with Crippen molar-refractivity contribution in [3.05, 3.63) is 52.6 Å². The molecule has 0 unspecified atom stereocenters. The topological polar surface area (TPSA) is 106 Å². The van der Waals surface area contributed by atoms with E-state index >= 15 is 0 Å². The molecule has 2 aromatic rings. The SMILES string of the molecule is CCCCCCCC1=NN2C(=N)/C(=C/c3cc(Cl)c(OCCOc4ccc(OCCCCCC)cc4)c(OCC)c3)C(=O)N=C2S1. The molecule has 0 bridgehead atoms. The summed E-state index contributed by atoms with van der Waals surface area (Å²) in [6.07, 6.45) is 12.9. The summed E-state index contributed by atoms with van der Waals surface area (Å²) in [5, 5.41) is 16.4. The number of halogens is 1. The lowest BCUT2D eigenvalue weighted by Gasteiger charge is -2.20. The van der Waals surface area contributed by atoms with Crippen LogP contribution in [-0.4, -0.2) is 53.4 Å². The molecule has 11 heteroatoms. The number of hydrogen-bond donors (Lipinski definition) is 1. The molecular formula is C35H45ClN4O5S. The molecule has 9 nitrogen and oxygen atoms in total. The number of nitrogens with one attached hydrogen (secondary N) is 1. The molecule has 0 aromatic heterocycles. The summed E-state index contributed by atoms with van der Waals surface area (Å²) in [6, 6.07) is 11.0. The van der Waals surface area contributed by atoms with E-state index in [9.17, 15) is 4.79 Å². The summed E-state index contributed by atoms with van der Waals surface area (Å²) in [7, 11) is 0. The van der Waals surface area contributed by atoms with E-state index in [2.05, 4.69) is 23.9 Å². The first-order valence-electron chi connectivity index (χ1n) is 16.4. The molecule has 2 heterocycles. The molecule has 4 rings (SSSR count). The quantitative estimate of drug-likeness (QED) is 0.111. The van der Waals surface area contributed by atoms with Crippen molar-refractivity contribution in [1.29, 1.82) is 5.41 Å². The molecule has 0 radical (unpaired) electrons. The van der Waals surface area contributed by atoms with E-state index in [0.717, 1.165) is 36.5 Å². The Bertz CT molecular complexity index is 1430. The van der Waals surface area contributed by atoms with Gasteiger partial charge in [0.15, 0.2) is 17.3 Å². The maximum atomic E-state index is 12.9. The first-order chi connectivity index (χ1) is 22.4. The summed E-state index contributed by atoms with van der Waals surface area (Å²) in [5.41, 5.74) is 0.717. The summed E-state index contributed by atoms with van der Waals surface area (Å²) < 4.78 is 23.4. The Hall–Kier alpha value is -3.50. The Kier molecular flexibility index (Phi) is 14.3. The molecule has 0 aliphatic carbocycles. The van der Waals surface area contributed by atoms with E-state index in [4.69, 9.17) is 36.0 Å². The van der Waals surface area contributed by atoms with Crippen molar-refractivity contribution >= 4 is 51.4 Å². The zero-order valence-electron chi connectivity index (χ0n) is 27.1. The molecule has 0 fully saturated rings. The minimum Gasteiger partial charge on any atom is -0.494 e. The van der Waals surface area contributed by atoms with Crippen molar-refractivity contribution in [2.75, 3.05) is 26.4 Å². The number of unbranched alkanes of at least 4 members (excludes halogenated alkanes) is 7. The minimum absolute atomic E-state index is 0.0124. The van der Waals surface area contributed by atoms with Gasteiger partial charge in [-0.15, -0.1) is 0 Å². The second-order valence-electron chi connectivity index (χ2n) is 11.0. The largest absolute Gasteiger partial charge is 0.494 e. The highest BCUT2D eigenvalue weighted by Crippen LogP contribution is 2.38. The monoisotopic (exact) mass is 668 g/mol. The van der Waals surface area contributed by atoms with Crippen molar-refractivity contribution in [2.24, 2.45) is 10.1 Å². The van der Waals surface area contributed by atoms with Crippen LogP contribution in [0.25, 0.3) is 6.08 Å². The van der Waals surface area contributed by atoms with Gasteiger partial charge >= 0.3 is 0 Å². The Morgan fingerprint density at radius 2 is 1.50 bits per heavy atom. The van der Waals surface area contributed by atoms with E-state index < -0.39 is 5.91 Å². The number of benzene rings is 2. The third-order valence-corrected chi connectivity index (χ3v) is 8.57. The van der Waals surface area contributed by atoms with Crippen molar-refractivity contribution in [2.45, 2.75) is 85.0 Å². The Balaban J connectivity index is 1.34. The van der Waals surface area contributed by atoms with Crippen molar-refractivity contribution in [3.8, 4) is 23.0 Å². The zero-order valence-corrected chi connectivity index (χ0v) is 28.7. The van der Waals surface area contributed by atoms with Crippen LogP contribution in [0.4, 0.5) is 0 Å². The van der Waals surface area contributed by atoms with Crippen LogP contribution < -0.4 is 18.9 Å². The van der Waals surface area contributed by atoms with E-state index in [1.54, 1.807) is 18.2 Å². The predicted molar refractivity (Wildman–Crippen MR) is 188 cm³/mol. The molecule has 248 valence electrons. The van der Waals surface area contributed by atoms with Crippen LogP contribution >= 0.6 is 23.4 Å². The van der Waals surface area contributed by atoms with Crippen LogP contribution in [0.2, 0.25) is 5.02 Å². The Morgan fingerprint density at radius 3 is 2.20 bits per heavy atom. The van der Waals surface area contributed by atoms with E-state index in [1.807, 2.05) is 31.2 Å². The van der Waals surface area contributed by atoms with Crippen LogP contribution in [0.3, 0.4) is 0 Å². The van der Waals surface area contributed by atoms with Gasteiger partial charge in [-0.05, 0) is 86.0 Å². The highest BCUT2D eigenvalue weighted by molar-refractivity contribution is 8.26. The molecular weight excluding hydrogens is 624 g/mol. The molecule has 0 saturated heterocycles. The number of carbonyl (C=O) groups excluding carboxylic acids is 1. The minimum atomic E-state index is -0.485. The number of nitrogens with zero attached hydrogens (tertiary/aromatic N) is 3.